The van der Waals surface area contributed by atoms with Crippen molar-refractivity contribution in [3.8, 4) is 39.1 Å². The third-order valence-electron chi connectivity index (χ3n) is 14.2. The van der Waals surface area contributed by atoms with Gasteiger partial charge in [-0.05, 0) is 128 Å². The lowest BCUT2D eigenvalue weighted by molar-refractivity contribution is 0.674. The Kier molecular flexibility index (Phi) is 8.90. The van der Waals surface area contributed by atoms with Gasteiger partial charge in [0.2, 0.25) is 0 Å². The number of anilines is 3. The number of aromatic nitrogens is 1. The van der Waals surface area contributed by atoms with Gasteiger partial charge in [0.05, 0.1) is 11.0 Å². The van der Waals surface area contributed by atoms with E-state index in [1.165, 1.54) is 59.9 Å². The van der Waals surface area contributed by atoms with Gasteiger partial charge < -0.3 is 13.9 Å². The van der Waals surface area contributed by atoms with Crippen LogP contribution in [0.25, 0.3) is 115 Å². The van der Waals surface area contributed by atoms with Gasteiger partial charge in [0.15, 0.2) is 0 Å². The van der Waals surface area contributed by atoms with Crippen LogP contribution < -0.4 is 4.90 Å². The highest BCUT2D eigenvalue weighted by molar-refractivity contribution is 6.17. The standard InChI is InChI=1S/C66H42N2O/c1-3-15-55-45(11-1)23-24-50-41-49(32-39-56(50)55)44-27-35-52(36-28-44)67(53-37-29-47(30-38-53)58-19-10-20-61-62-40-31-46-12-2-4-16-57(46)66(62)69-65(58)61)51-33-25-43(26-34-51)48-13-9-14-54(42-48)68-63-21-7-5-17-59(63)60-18-6-8-22-64(60)68/h1-42H. The number of fused-ring (bicyclic) bond motifs is 11. The van der Waals surface area contributed by atoms with E-state index in [9.17, 15) is 0 Å². The normalized spacial score (nSPS) is 11.8. The van der Waals surface area contributed by atoms with Gasteiger partial charge in [0.25, 0.3) is 0 Å². The SMILES string of the molecule is c1cc(-c2ccc(N(c3ccc(-c4ccc5c(ccc6ccccc65)c4)cc3)c3ccc(-c4cccc5c4oc4c6ccccc6ccc54)cc3)cc2)cc(-n2c3ccccc3c3ccccc32)c1. The van der Waals surface area contributed by atoms with Crippen LogP contribution in [0.15, 0.2) is 259 Å². The second kappa shape index (κ2) is 15.7. The zero-order valence-corrected chi connectivity index (χ0v) is 37.6. The molecule has 3 heteroatoms. The average Bonchev–Trinajstić information content (AvgIpc) is 3.98. The molecule has 0 radical (unpaired) electrons. The Morgan fingerprint density at radius 1 is 0.275 bits per heavy atom. The van der Waals surface area contributed by atoms with Crippen LogP contribution in [0.2, 0.25) is 0 Å². The van der Waals surface area contributed by atoms with Crippen LogP contribution in [-0.4, -0.2) is 4.57 Å². The van der Waals surface area contributed by atoms with Gasteiger partial charge >= 0.3 is 0 Å². The van der Waals surface area contributed by atoms with Crippen molar-refractivity contribution in [2.45, 2.75) is 0 Å². The van der Waals surface area contributed by atoms with E-state index < -0.39 is 0 Å². The highest BCUT2D eigenvalue weighted by atomic mass is 16.3. The van der Waals surface area contributed by atoms with Crippen molar-refractivity contribution in [3.63, 3.8) is 0 Å². The van der Waals surface area contributed by atoms with Gasteiger partial charge in [0.1, 0.15) is 11.2 Å². The molecule has 12 aromatic carbocycles. The summed E-state index contributed by atoms with van der Waals surface area (Å²) < 4.78 is 9.14. The van der Waals surface area contributed by atoms with Gasteiger partial charge in [-0.1, -0.05) is 182 Å². The summed E-state index contributed by atoms with van der Waals surface area (Å²) in [5.74, 6) is 0. The molecule has 14 rings (SSSR count). The van der Waals surface area contributed by atoms with E-state index in [1.54, 1.807) is 0 Å². The third kappa shape index (κ3) is 6.43. The topological polar surface area (TPSA) is 21.3 Å². The van der Waals surface area contributed by atoms with Crippen molar-refractivity contribution >= 4 is 93.1 Å². The van der Waals surface area contributed by atoms with E-state index in [1.807, 2.05) is 0 Å². The highest BCUT2D eigenvalue weighted by Gasteiger charge is 2.18. The van der Waals surface area contributed by atoms with Gasteiger partial charge in [0, 0.05) is 55.2 Å². The van der Waals surface area contributed by atoms with Crippen LogP contribution in [0.5, 0.6) is 0 Å². The number of nitrogens with zero attached hydrogens (tertiary/aromatic N) is 2. The maximum absolute atomic E-state index is 6.76. The molecule has 0 saturated heterocycles. The predicted molar refractivity (Wildman–Crippen MR) is 292 cm³/mol. The monoisotopic (exact) mass is 878 g/mol. The molecule has 322 valence electrons. The van der Waals surface area contributed by atoms with Crippen LogP contribution in [0, 0.1) is 0 Å². The van der Waals surface area contributed by atoms with Crippen LogP contribution in [0.3, 0.4) is 0 Å². The fourth-order valence-corrected chi connectivity index (χ4v) is 10.8. The molecule has 0 amide bonds. The van der Waals surface area contributed by atoms with E-state index in [2.05, 4.69) is 264 Å². The third-order valence-corrected chi connectivity index (χ3v) is 14.2. The summed E-state index contributed by atoms with van der Waals surface area (Å²) in [5.41, 5.74) is 15.5. The second-order valence-corrected chi connectivity index (χ2v) is 18.1. The molecule has 0 aliphatic carbocycles. The molecule has 2 heterocycles. The Labute approximate surface area is 399 Å². The first-order valence-corrected chi connectivity index (χ1v) is 23.6. The molecule has 0 spiro atoms. The Morgan fingerprint density at radius 2 is 0.739 bits per heavy atom. The summed E-state index contributed by atoms with van der Waals surface area (Å²) in [5, 5.41) is 12.1. The van der Waals surface area contributed by atoms with Crippen LogP contribution in [-0.2, 0) is 0 Å². The smallest absolute Gasteiger partial charge is 0.143 e. The summed E-state index contributed by atoms with van der Waals surface area (Å²) in [6, 6.07) is 92.4. The number of furan rings is 1. The second-order valence-electron chi connectivity index (χ2n) is 18.1. The molecule has 0 bridgehead atoms. The van der Waals surface area contributed by atoms with Gasteiger partial charge in [-0.15, -0.1) is 0 Å². The predicted octanol–water partition coefficient (Wildman–Crippen LogP) is 18.6. The Bertz CT molecular complexity index is 4240. The van der Waals surface area contributed by atoms with Gasteiger partial charge in [-0.25, -0.2) is 0 Å². The summed E-state index contributed by atoms with van der Waals surface area (Å²) in [7, 11) is 0. The maximum atomic E-state index is 6.76. The van der Waals surface area contributed by atoms with E-state index in [0.717, 1.165) is 72.3 Å². The lowest BCUT2D eigenvalue weighted by Gasteiger charge is -2.26. The zero-order chi connectivity index (χ0) is 45.4. The van der Waals surface area contributed by atoms with E-state index >= 15 is 0 Å². The molecule has 0 aliphatic rings. The van der Waals surface area contributed by atoms with E-state index in [4.69, 9.17) is 4.42 Å². The van der Waals surface area contributed by atoms with Crippen molar-refractivity contribution < 1.29 is 4.42 Å². The van der Waals surface area contributed by atoms with Crippen molar-refractivity contribution in [2.75, 3.05) is 4.90 Å². The number of rotatable bonds is 7. The minimum absolute atomic E-state index is 0.906. The lowest BCUT2D eigenvalue weighted by Crippen LogP contribution is -2.09. The molecule has 0 fully saturated rings. The van der Waals surface area contributed by atoms with Crippen molar-refractivity contribution in [2.24, 2.45) is 0 Å². The molecular formula is C66H42N2O. The maximum Gasteiger partial charge on any atom is 0.143 e. The average molecular weight is 879 g/mol. The Balaban J connectivity index is 0.846. The van der Waals surface area contributed by atoms with Crippen LogP contribution in [0.4, 0.5) is 17.1 Å². The molecule has 0 aliphatic heterocycles. The van der Waals surface area contributed by atoms with Crippen LogP contribution >= 0.6 is 0 Å². The van der Waals surface area contributed by atoms with Crippen molar-refractivity contribution in [1.82, 2.24) is 4.57 Å². The van der Waals surface area contributed by atoms with E-state index in [-0.39, 0.29) is 0 Å². The van der Waals surface area contributed by atoms with E-state index in [0.29, 0.717) is 0 Å². The Hall–Kier alpha value is -9.18. The van der Waals surface area contributed by atoms with Crippen LogP contribution in [0.1, 0.15) is 0 Å². The quantitative estimate of drug-likeness (QED) is 0.149. The molecule has 3 nitrogen and oxygen atoms in total. The first-order chi connectivity index (χ1) is 34.2. The van der Waals surface area contributed by atoms with Gasteiger partial charge in [-0.2, -0.15) is 0 Å². The first-order valence-electron chi connectivity index (χ1n) is 23.6. The molecule has 2 aromatic heterocycles. The lowest BCUT2D eigenvalue weighted by atomic mass is 9.97. The largest absolute Gasteiger partial charge is 0.455 e. The summed E-state index contributed by atoms with van der Waals surface area (Å²) >= 11 is 0. The number of para-hydroxylation sites is 3. The number of hydrogen-bond acceptors (Lipinski definition) is 2. The Morgan fingerprint density at radius 3 is 1.42 bits per heavy atom. The molecule has 0 saturated carbocycles. The minimum atomic E-state index is 0.906. The minimum Gasteiger partial charge on any atom is -0.455 e. The fraction of sp³-hybridized carbons (Fsp3) is 0. The molecule has 0 unspecified atom stereocenters. The first kappa shape index (κ1) is 39.0. The zero-order valence-electron chi connectivity index (χ0n) is 37.6. The molecular weight excluding hydrogens is 837 g/mol. The summed E-state index contributed by atoms with van der Waals surface area (Å²) in [6.45, 7) is 0. The fourth-order valence-electron chi connectivity index (χ4n) is 10.8. The van der Waals surface area contributed by atoms with Crippen molar-refractivity contribution in [1.29, 1.82) is 0 Å². The molecule has 69 heavy (non-hydrogen) atoms. The summed E-state index contributed by atoms with van der Waals surface area (Å²) in [6.07, 6.45) is 0. The molecule has 0 N–H and O–H groups in total. The summed E-state index contributed by atoms with van der Waals surface area (Å²) in [4.78, 5) is 2.35. The van der Waals surface area contributed by atoms with Gasteiger partial charge in [-0.3, -0.25) is 0 Å². The number of benzene rings is 12. The molecule has 14 aromatic rings. The molecule has 0 atom stereocenters. The van der Waals surface area contributed by atoms with Crippen molar-refractivity contribution in [3.05, 3.63) is 255 Å². The number of hydrogen-bond donors (Lipinski definition) is 0. The highest BCUT2D eigenvalue weighted by Crippen LogP contribution is 2.42.